The number of amides is 2. The molecule has 1 aliphatic heterocycles. The molecular weight excluding hydrogens is 548 g/mol. The minimum Gasteiger partial charge on any atom is -0.479 e. The number of nitrogens with zero attached hydrogens (tertiary/aromatic N) is 2. The number of alkyl halides is 3. The van der Waals surface area contributed by atoms with E-state index in [1.165, 1.54) is 34.1 Å². The summed E-state index contributed by atoms with van der Waals surface area (Å²) in [6, 6.07) is 5.62. The fourth-order valence-electron chi connectivity index (χ4n) is 5.66. The molecule has 3 aliphatic rings. The molecule has 13 heteroatoms. The smallest absolute Gasteiger partial charge is 0.479 e. The van der Waals surface area contributed by atoms with Gasteiger partial charge in [0.15, 0.2) is 6.61 Å². The van der Waals surface area contributed by atoms with Crippen molar-refractivity contribution < 1.29 is 46.5 Å². The largest absolute Gasteiger partial charge is 0.573 e. The minimum absolute atomic E-state index is 0.0833. The topological polar surface area (TPSA) is 96.4 Å². The first kappa shape index (κ1) is 27.0. The van der Waals surface area contributed by atoms with Crippen LogP contribution in [0.25, 0.3) is 0 Å². The Bertz CT molecular complexity index is 1300. The maximum absolute atomic E-state index is 14.8. The Labute approximate surface area is 225 Å². The van der Waals surface area contributed by atoms with Crippen molar-refractivity contribution in [2.75, 3.05) is 11.5 Å². The van der Waals surface area contributed by atoms with Gasteiger partial charge in [0.25, 0.3) is 5.91 Å². The summed E-state index contributed by atoms with van der Waals surface area (Å²) in [5.74, 6) is -3.41. The minimum atomic E-state index is -4.89. The average molecular weight is 571 g/mol. The van der Waals surface area contributed by atoms with Crippen LogP contribution in [0.1, 0.15) is 54.1 Å². The van der Waals surface area contributed by atoms with Gasteiger partial charge in [-0.3, -0.25) is 9.69 Å². The molecule has 2 saturated carbocycles. The number of ether oxygens (including phenoxy) is 2. The Kier molecular flexibility index (Phi) is 7.08. The van der Waals surface area contributed by atoms with E-state index in [0.717, 1.165) is 12.1 Å². The normalized spacial score (nSPS) is 22.1. The van der Waals surface area contributed by atoms with E-state index in [0.29, 0.717) is 37.7 Å². The number of hydrogen-bond acceptors (Lipinski definition) is 5. The molecule has 2 aromatic carbocycles. The van der Waals surface area contributed by atoms with Gasteiger partial charge in [0, 0.05) is 29.1 Å². The highest BCUT2D eigenvalue weighted by Gasteiger charge is 2.52. The molecule has 5 rings (SSSR count). The highest BCUT2D eigenvalue weighted by Crippen LogP contribution is 2.53. The summed E-state index contributed by atoms with van der Waals surface area (Å²) in [7, 11) is 0. The van der Waals surface area contributed by atoms with Crippen LogP contribution in [0, 0.1) is 11.7 Å². The molecule has 2 amide bonds. The van der Waals surface area contributed by atoms with E-state index in [2.05, 4.69) is 4.74 Å². The zero-order valence-electron chi connectivity index (χ0n) is 20.3. The first-order chi connectivity index (χ1) is 18.4. The van der Waals surface area contributed by atoms with Crippen molar-refractivity contribution in [3.63, 3.8) is 0 Å². The van der Waals surface area contributed by atoms with Gasteiger partial charge in [-0.15, -0.1) is 13.2 Å². The summed E-state index contributed by atoms with van der Waals surface area (Å²) in [5.41, 5.74) is 0.677. The van der Waals surface area contributed by atoms with Crippen molar-refractivity contribution in [1.82, 2.24) is 4.90 Å². The van der Waals surface area contributed by atoms with Gasteiger partial charge in [-0.2, -0.15) is 0 Å². The zero-order valence-corrected chi connectivity index (χ0v) is 21.0. The van der Waals surface area contributed by atoms with Gasteiger partial charge in [0.05, 0.1) is 16.8 Å². The number of aliphatic carboxylic acids is 1. The van der Waals surface area contributed by atoms with E-state index in [1.807, 2.05) is 0 Å². The first-order valence-electron chi connectivity index (χ1n) is 12.3. The van der Waals surface area contributed by atoms with Crippen molar-refractivity contribution in [2.45, 2.75) is 56.6 Å². The molecule has 8 nitrogen and oxygen atoms in total. The molecule has 0 spiro atoms. The number of carbonyl (C=O) groups is 3. The Morgan fingerprint density at radius 3 is 2.38 bits per heavy atom. The standard InChI is InChI=1S/C26H23ClF4N2O6/c27-18-11-21-17(10-19(18)28)23(32(14-6-7-14)25(37)38-12-22(34)35)16-2-1-3-20(16)33(21)24(36)13-4-8-15(9-5-13)39-26(29,30)31/h4-5,8-11,14,16,20,23H,1-3,6-7,12H2,(H,34,35). The number of fused-ring (bicyclic) bond motifs is 2. The molecule has 3 unspecified atom stereocenters. The molecule has 2 aromatic rings. The van der Waals surface area contributed by atoms with Crippen LogP contribution in [-0.2, 0) is 9.53 Å². The number of hydrogen-bond donors (Lipinski definition) is 1. The molecule has 3 atom stereocenters. The van der Waals surface area contributed by atoms with Gasteiger partial charge in [-0.05, 0) is 62.1 Å². The van der Waals surface area contributed by atoms with Crippen molar-refractivity contribution in [1.29, 1.82) is 0 Å². The van der Waals surface area contributed by atoms with E-state index >= 15 is 0 Å². The van der Waals surface area contributed by atoms with Crippen LogP contribution in [0.2, 0.25) is 5.02 Å². The molecular formula is C26H23ClF4N2O6. The lowest BCUT2D eigenvalue weighted by molar-refractivity contribution is -0.274. The van der Waals surface area contributed by atoms with Crippen LogP contribution >= 0.6 is 11.6 Å². The number of carboxylic acids is 1. The highest BCUT2D eigenvalue weighted by molar-refractivity contribution is 6.31. The molecule has 39 heavy (non-hydrogen) atoms. The lowest BCUT2D eigenvalue weighted by Gasteiger charge is -2.47. The van der Waals surface area contributed by atoms with E-state index < -0.39 is 54.6 Å². The van der Waals surface area contributed by atoms with Gasteiger partial charge >= 0.3 is 18.4 Å². The van der Waals surface area contributed by atoms with Crippen LogP contribution < -0.4 is 9.64 Å². The number of carboxylic acid groups (broad SMARTS) is 1. The number of benzene rings is 2. The average Bonchev–Trinajstić information content (AvgIpc) is 3.58. The molecule has 0 saturated heterocycles. The SMILES string of the molecule is O=C(O)COC(=O)N(C1CC1)C1c2cc(F)c(Cl)cc2N(C(=O)c2ccc(OC(F)(F)F)cc2)C2CCCC21. The number of rotatable bonds is 6. The highest BCUT2D eigenvalue weighted by atomic mass is 35.5. The Morgan fingerprint density at radius 1 is 1.08 bits per heavy atom. The first-order valence-corrected chi connectivity index (χ1v) is 12.7. The lowest BCUT2D eigenvalue weighted by Crippen LogP contribution is -2.53. The van der Waals surface area contributed by atoms with E-state index in [1.54, 1.807) is 0 Å². The van der Waals surface area contributed by atoms with Gasteiger partial charge in [0.1, 0.15) is 11.6 Å². The third-order valence-electron chi connectivity index (χ3n) is 7.24. The summed E-state index contributed by atoms with van der Waals surface area (Å²) in [6.45, 7) is -0.830. The van der Waals surface area contributed by atoms with Gasteiger partial charge in [-0.25, -0.2) is 14.0 Å². The van der Waals surface area contributed by atoms with Crippen LogP contribution in [0.15, 0.2) is 36.4 Å². The van der Waals surface area contributed by atoms with Crippen molar-refractivity contribution in [3.05, 3.63) is 58.4 Å². The van der Waals surface area contributed by atoms with Crippen molar-refractivity contribution in [2.24, 2.45) is 5.92 Å². The second-order valence-electron chi connectivity index (χ2n) is 9.77. The zero-order chi connectivity index (χ0) is 28.1. The maximum Gasteiger partial charge on any atom is 0.573 e. The molecule has 0 radical (unpaired) electrons. The second kappa shape index (κ2) is 10.2. The molecule has 0 bridgehead atoms. The van der Waals surface area contributed by atoms with Gasteiger partial charge in [-0.1, -0.05) is 18.0 Å². The molecule has 2 fully saturated rings. The summed E-state index contributed by atoms with van der Waals surface area (Å²) >= 11 is 6.13. The van der Waals surface area contributed by atoms with E-state index in [-0.39, 0.29) is 28.2 Å². The molecule has 208 valence electrons. The third kappa shape index (κ3) is 5.47. The molecule has 1 heterocycles. The third-order valence-corrected chi connectivity index (χ3v) is 7.53. The second-order valence-corrected chi connectivity index (χ2v) is 10.2. The summed E-state index contributed by atoms with van der Waals surface area (Å²) in [5, 5.41) is 8.74. The maximum atomic E-state index is 14.8. The summed E-state index contributed by atoms with van der Waals surface area (Å²) < 4.78 is 61.5. The van der Waals surface area contributed by atoms with Gasteiger partial charge in [0.2, 0.25) is 0 Å². The summed E-state index contributed by atoms with van der Waals surface area (Å²) in [4.78, 5) is 40.8. The summed E-state index contributed by atoms with van der Waals surface area (Å²) in [6.07, 6.45) is -2.55. The van der Waals surface area contributed by atoms with E-state index in [4.69, 9.17) is 21.4 Å². The number of halogens is 5. The monoisotopic (exact) mass is 570 g/mol. The van der Waals surface area contributed by atoms with Crippen LogP contribution in [0.3, 0.4) is 0 Å². The van der Waals surface area contributed by atoms with E-state index in [9.17, 15) is 31.9 Å². The Balaban J connectivity index is 1.55. The quantitative estimate of drug-likeness (QED) is 0.432. The van der Waals surface area contributed by atoms with Crippen molar-refractivity contribution >= 4 is 35.3 Å². The Hall–Kier alpha value is -3.54. The molecule has 2 aliphatic carbocycles. The fourth-order valence-corrected chi connectivity index (χ4v) is 5.82. The number of carbonyl (C=O) groups excluding carboxylic acids is 2. The number of anilines is 1. The molecule has 0 aromatic heterocycles. The van der Waals surface area contributed by atoms with Crippen LogP contribution in [0.4, 0.5) is 28.0 Å². The predicted octanol–water partition coefficient (Wildman–Crippen LogP) is 5.93. The molecule has 1 N–H and O–H groups in total. The van der Waals surface area contributed by atoms with Crippen LogP contribution in [-0.4, -0.2) is 53.0 Å². The van der Waals surface area contributed by atoms with Gasteiger partial charge < -0.3 is 19.5 Å². The van der Waals surface area contributed by atoms with Crippen LogP contribution in [0.5, 0.6) is 5.75 Å². The van der Waals surface area contributed by atoms with Crippen molar-refractivity contribution in [3.8, 4) is 5.75 Å². The lowest BCUT2D eigenvalue weighted by atomic mass is 9.81. The predicted molar refractivity (Wildman–Crippen MR) is 129 cm³/mol. The Morgan fingerprint density at radius 2 is 1.77 bits per heavy atom. The fraction of sp³-hybridized carbons (Fsp3) is 0.423.